The second kappa shape index (κ2) is 5.49. The number of guanidine groups is 1. The molecule has 1 unspecified atom stereocenters. The SMILES string of the molecule is COc1cccc(-c2ccc3c(c2)C2(N=C(N)NC2=O)C(C)(C)CO3)c1. The zero-order valence-electron chi connectivity index (χ0n) is 15.0. The van der Waals surface area contributed by atoms with E-state index in [9.17, 15) is 4.79 Å². The number of nitrogens with one attached hydrogen (secondary N) is 1. The van der Waals surface area contributed by atoms with Crippen LogP contribution in [-0.4, -0.2) is 25.6 Å². The van der Waals surface area contributed by atoms with Crippen LogP contribution in [0.25, 0.3) is 11.1 Å². The average Bonchev–Trinajstić information content (AvgIpc) is 2.94. The van der Waals surface area contributed by atoms with Crippen molar-refractivity contribution in [3.63, 3.8) is 0 Å². The van der Waals surface area contributed by atoms with Gasteiger partial charge in [0.15, 0.2) is 11.5 Å². The van der Waals surface area contributed by atoms with E-state index in [2.05, 4.69) is 10.3 Å². The predicted octanol–water partition coefficient (Wildman–Crippen LogP) is 2.42. The van der Waals surface area contributed by atoms with Gasteiger partial charge in [0.1, 0.15) is 11.5 Å². The highest BCUT2D eigenvalue weighted by Gasteiger charge is 2.59. The number of rotatable bonds is 2. The molecule has 0 aliphatic carbocycles. The van der Waals surface area contributed by atoms with Crippen molar-refractivity contribution >= 4 is 11.9 Å². The Bertz CT molecular complexity index is 936. The lowest BCUT2D eigenvalue weighted by Gasteiger charge is -2.44. The van der Waals surface area contributed by atoms with Crippen molar-refractivity contribution in [3.05, 3.63) is 48.0 Å². The summed E-state index contributed by atoms with van der Waals surface area (Å²) in [5, 5.41) is 2.66. The van der Waals surface area contributed by atoms with Crippen molar-refractivity contribution in [3.8, 4) is 22.6 Å². The molecule has 3 N–H and O–H groups in total. The third kappa shape index (κ3) is 2.18. The van der Waals surface area contributed by atoms with Crippen molar-refractivity contribution in [2.75, 3.05) is 13.7 Å². The minimum Gasteiger partial charge on any atom is -0.497 e. The number of aliphatic imine (C=N–C) groups is 1. The number of nitrogens with zero attached hydrogens (tertiary/aromatic N) is 1. The molecule has 0 aromatic heterocycles. The predicted molar refractivity (Wildman–Crippen MR) is 99.1 cm³/mol. The summed E-state index contributed by atoms with van der Waals surface area (Å²) < 4.78 is 11.2. The molecule has 2 aromatic carbocycles. The number of carbonyl (C=O) groups is 1. The number of carbonyl (C=O) groups excluding carboxylic acids is 1. The Hall–Kier alpha value is -3.02. The molecule has 2 aliphatic heterocycles. The van der Waals surface area contributed by atoms with Crippen molar-refractivity contribution in [1.29, 1.82) is 0 Å². The van der Waals surface area contributed by atoms with Gasteiger partial charge in [-0.2, -0.15) is 0 Å². The van der Waals surface area contributed by atoms with E-state index in [1.54, 1.807) is 7.11 Å². The third-order valence-electron chi connectivity index (χ3n) is 5.20. The summed E-state index contributed by atoms with van der Waals surface area (Å²) in [4.78, 5) is 17.5. The zero-order chi connectivity index (χ0) is 18.5. The average molecular weight is 351 g/mol. The molecule has 6 heteroatoms. The summed E-state index contributed by atoms with van der Waals surface area (Å²) in [6.07, 6.45) is 0. The molecule has 2 aliphatic rings. The summed E-state index contributed by atoms with van der Waals surface area (Å²) in [7, 11) is 1.64. The number of amides is 1. The Morgan fingerprint density at radius 1 is 1.19 bits per heavy atom. The number of ether oxygens (including phenoxy) is 2. The fraction of sp³-hybridized carbons (Fsp3) is 0.300. The van der Waals surface area contributed by atoms with Crippen molar-refractivity contribution in [1.82, 2.24) is 5.32 Å². The summed E-state index contributed by atoms with van der Waals surface area (Å²) >= 11 is 0. The highest BCUT2D eigenvalue weighted by molar-refractivity contribution is 6.08. The maximum absolute atomic E-state index is 12.9. The van der Waals surface area contributed by atoms with Crippen LogP contribution in [0.15, 0.2) is 47.5 Å². The summed E-state index contributed by atoms with van der Waals surface area (Å²) in [5.74, 6) is 1.35. The van der Waals surface area contributed by atoms with Crippen LogP contribution in [0.2, 0.25) is 0 Å². The van der Waals surface area contributed by atoms with E-state index < -0.39 is 11.0 Å². The Kier molecular flexibility index (Phi) is 3.47. The van der Waals surface area contributed by atoms with Gasteiger partial charge in [-0.15, -0.1) is 0 Å². The van der Waals surface area contributed by atoms with E-state index in [0.29, 0.717) is 12.4 Å². The van der Waals surface area contributed by atoms with Crippen LogP contribution >= 0.6 is 0 Å². The fourth-order valence-corrected chi connectivity index (χ4v) is 3.76. The molecule has 1 atom stereocenters. The van der Waals surface area contributed by atoms with Crippen molar-refractivity contribution in [2.24, 2.45) is 16.1 Å². The number of hydrogen-bond donors (Lipinski definition) is 2. The smallest absolute Gasteiger partial charge is 0.260 e. The van der Waals surface area contributed by atoms with Crippen LogP contribution in [0.1, 0.15) is 19.4 Å². The van der Waals surface area contributed by atoms with Gasteiger partial charge in [0.05, 0.1) is 13.7 Å². The number of nitrogens with two attached hydrogens (primary N) is 1. The van der Waals surface area contributed by atoms with Gasteiger partial charge < -0.3 is 15.2 Å². The van der Waals surface area contributed by atoms with Gasteiger partial charge in [-0.25, -0.2) is 4.99 Å². The van der Waals surface area contributed by atoms with Crippen LogP contribution in [-0.2, 0) is 10.3 Å². The minimum absolute atomic E-state index is 0.141. The van der Waals surface area contributed by atoms with Crippen molar-refractivity contribution in [2.45, 2.75) is 19.4 Å². The molecule has 134 valence electrons. The molecule has 0 saturated heterocycles. The molecule has 4 rings (SSSR count). The molecular weight excluding hydrogens is 330 g/mol. The van der Waals surface area contributed by atoms with E-state index in [4.69, 9.17) is 15.2 Å². The summed E-state index contributed by atoms with van der Waals surface area (Å²) in [5.41, 5.74) is 6.89. The maximum atomic E-state index is 12.9. The third-order valence-corrected chi connectivity index (χ3v) is 5.20. The van der Waals surface area contributed by atoms with Gasteiger partial charge in [-0.1, -0.05) is 32.0 Å². The van der Waals surface area contributed by atoms with Crippen molar-refractivity contribution < 1.29 is 14.3 Å². The molecule has 1 amide bonds. The minimum atomic E-state index is -1.10. The zero-order valence-corrected chi connectivity index (χ0v) is 15.0. The molecular formula is C20H21N3O3. The lowest BCUT2D eigenvalue weighted by atomic mass is 9.66. The van der Waals surface area contributed by atoms with Gasteiger partial charge in [0.25, 0.3) is 5.91 Å². The molecule has 2 aromatic rings. The van der Waals surface area contributed by atoms with Crippen LogP contribution in [0.5, 0.6) is 11.5 Å². The quantitative estimate of drug-likeness (QED) is 0.870. The molecule has 0 bridgehead atoms. The molecule has 1 spiro atoms. The Morgan fingerprint density at radius 3 is 2.65 bits per heavy atom. The first-order valence-corrected chi connectivity index (χ1v) is 8.46. The first-order chi connectivity index (χ1) is 12.4. The van der Waals surface area contributed by atoms with Gasteiger partial charge in [-0.3, -0.25) is 10.1 Å². The van der Waals surface area contributed by atoms with E-state index in [1.807, 2.05) is 56.3 Å². The fourth-order valence-electron chi connectivity index (χ4n) is 3.76. The van der Waals surface area contributed by atoms with E-state index in [0.717, 1.165) is 22.4 Å². The van der Waals surface area contributed by atoms with Crippen LogP contribution in [0, 0.1) is 5.41 Å². The lowest BCUT2D eigenvalue weighted by Crippen LogP contribution is -2.53. The van der Waals surface area contributed by atoms with Crippen LogP contribution in [0.3, 0.4) is 0 Å². The van der Waals surface area contributed by atoms with E-state index in [-0.39, 0.29) is 11.9 Å². The Balaban J connectivity index is 1.92. The lowest BCUT2D eigenvalue weighted by molar-refractivity contribution is -0.130. The van der Waals surface area contributed by atoms with Crippen LogP contribution < -0.4 is 20.5 Å². The molecule has 26 heavy (non-hydrogen) atoms. The first kappa shape index (κ1) is 16.4. The van der Waals surface area contributed by atoms with E-state index in [1.165, 1.54) is 0 Å². The second-order valence-electron chi connectivity index (χ2n) is 7.28. The molecule has 0 radical (unpaired) electrons. The van der Waals surface area contributed by atoms with Crippen LogP contribution in [0.4, 0.5) is 0 Å². The second-order valence-corrected chi connectivity index (χ2v) is 7.28. The Labute approximate surface area is 152 Å². The monoisotopic (exact) mass is 351 g/mol. The standard InChI is InChI=1S/C20H21N3O3/c1-19(2)11-26-16-8-7-13(12-5-4-6-14(9-12)25-3)10-15(16)20(19)17(24)22-18(21)23-20/h4-10H,11H2,1-3H3,(H3,21,22,23,24). The normalized spacial score (nSPS) is 23.0. The van der Waals surface area contributed by atoms with Gasteiger partial charge >= 0.3 is 0 Å². The van der Waals surface area contributed by atoms with Gasteiger partial charge in [0, 0.05) is 11.0 Å². The van der Waals surface area contributed by atoms with Gasteiger partial charge in [-0.05, 0) is 35.4 Å². The first-order valence-electron chi connectivity index (χ1n) is 8.46. The molecule has 6 nitrogen and oxygen atoms in total. The number of methoxy groups -OCH3 is 1. The molecule has 2 heterocycles. The number of fused-ring (bicyclic) bond motifs is 2. The van der Waals surface area contributed by atoms with Gasteiger partial charge in [0.2, 0.25) is 0 Å². The summed E-state index contributed by atoms with van der Waals surface area (Å²) in [6.45, 7) is 4.31. The summed E-state index contributed by atoms with van der Waals surface area (Å²) in [6, 6.07) is 13.6. The Morgan fingerprint density at radius 2 is 1.96 bits per heavy atom. The highest BCUT2D eigenvalue weighted by Crippen LogP contribution is 2.52. The number of benzene rings is 2. The molecule has 0 fully saturated rings. The maximum Gasteiger partial charge on any atom is 0.260 e. The molecule has 0 saturated carbocycles. The number of hydrogen-bond acceptors (Lipinski definition) is 5. The largest absolute Gasteiger partial charge is 0.497 e. The van der Waals surface area contributed by atoms with E-state index >= 15 is 0 Å². The highest BCUT2D eigenvalue weighted by atomic mass is 16.5. The topological polar surface area (TPSA) is 85.9 Å².